The second kappa shape index (κ2) is 7.97. The summed E-state index contributed by atoms with van der Waals surface area (Å²) in [6.07, 6.45) is 0.501. The zero-order chi connectivity index (χ0) is 15.5. The van der Waals surface area contributed by atoms with Crippen LogP contribution < -0.4 is 10.1 Å². The Hall–Kier alpha value is -1.34. The lowest BCUT2D eigenvalue weighted by molar-refractivity contribution is 0.190. The minimum absolute atomic E-state index is 0. The predicted molar refractivity (Wildman–Crippen MR) is 90.6 cm³/mol. The van der Waals surface area contributed by atoms with Crippen molar-refractivity contribution in [1.29, 1.82) is 0 Å². The average molecular weight is 359 g/mol. The van der Waals surface area contributed by atoms with E-state index in [1.54, 1.807) is 13.2 Å². The minimum Gasteiger partial charge on any atom is -0.496 e. The molecule has 126 valence electrons. The third-order valence-corrected chi connectivity index (χ3v) is 4.11. The molecule has 1 aliphatic heterocycles. The van der Waals surface area contributed by atoms with Crippen LogP contribution in [-0.4, -0.2) is 48.8 Å². The average Bonchev–Trinajstić information content (AvgIpc) is 2.96. The highest BCUT2D eigenvalue weighted by Gasteiger charge is 2.25. The number of hydrogen-bond donors (Lipinski definition) is 1. The van der Waals surface area contributed by atoms with Crippen molar-refractivity contribution in [2.24, 2.45) is 0 Å². The standard InChI is InChI=1S/C15H19ClN4O2.ClH/c1-20-6-5-17-9-12(20)15-18-14(22-19-15)8-10-7-11(16)3-4-13(10)21-2;/h3-4,7,12,17H,5-6,8-9H2,1-2H3;1H. The number of ether oxygens (including phenoxy) is 1. The van der Waals surface area contributed by atoms with Crippen LogP contribution in [0.4, 0.5) is 0 Å². The molecule has 1 aromatic heterocycles. The van der Waals surface area contributed by atoms with Gasteiger partial charge < -0.3 is 14.6 Å². The minimum atomic E-state index is 0. The van der Waals surface area contributed by atoms with Crippen molar-refractivity contribution >= 4 is 24.0 Å². The van der Waals surface area contributed by atoms with E-state index in [0.29, 0.717) is 23.2 Å². The third kappa shape index (κ3) is 4.14. The van der Waals surface area contributed by atoms with Crippen LogP contribution in [0.3, 0.4) is 0 Å². The number of aromatic nitrogens is 2. The van der Waals surface area contributed by atoms with Crippen molar-refractivity contribution in [3.05, 3.63) is 40.5 Å². The van der Waals surface area contributed by atoms with Crippen molar-refractivity contribution < 1.29 is 9.26 Å². The van der Waals surface area contributed by atoms with Gasteiger partial charge in [-0.25, -0.2) is 0 Å². The summed E-state index contributed by atoms with van der Waals surface area (Å²) in [6.45, 7) is 2.78. The molecule has 1 N–H and O–H groups in total. The quantitative estimate of drug-likeness (QED) is 0.904. The fraction of sp³-hybridized carbons (Fsp3) is 0.467. The van der Waals surface area contributed by atoms with Crippen LogP contribution in [0.5, 0.6) is 5.75 Å². The Labute approximate surface area is 146 Å². The summed E-state index contributed by atoms with van der Waals surface area (Å²) in [5.41, 5.74) is 0.931. The molecule has 3 rings (SSSR count). The number of nitrogens with one attached hydrogen (secondary N) is 1. The molecular weight excluding hydrogens is 339 g/mol. The molecule has 1 aliphatic rings. The monoisotopic (exact) mass is 358 g/mol. The second-order valence-electron chi connectivity index (χ2n) is 5.38. The van der Waals surface area contributed by atoms with Crippen molar-refractivity contribution in [1.82, 2.24) is 20.4 Å². The van der Waals surface area contributed by atoms with Gasteiger partial charge >= 0.3 is 0 Å². The molecule has 0 bridgehead atoms. The molecule has 23 heavy (non-hydrogen) atoms. The van der Waals surface area contributed by atoms with Crippen molar-refractivity contribution in [3.63, 3.8) is 0 Å². The van der Waals surface area contributed by atoms with Crippen molar-refractivity contribution in [3.8, 4) is 5.75 Å². The molecule has 0 spiro atoms. The topological polar surface area (TPSA) is 63.4 Å². The highest BCUT2D eigenvalue weighted by Crippen LogP contribution is 2.25. The molecule has 1 fully saturated rings. The van der Waals surface area contributed by atoms with Crippen LogP contribution in [0.1, 0.15) is 23.3 Å². The molecule has 0 radical (unpaired) electrons. The van der Waals surface area contributed by atoms with Crippen LogP contribution >= 0.6 is 24.0 Å². The van der Waals surface area contributed by atoms with Gasteiger partial charge in [0.15, 0.2) is 5.82 Å². The highest BCUT2D eigenvalue weighted by atomic mass is 35.5. The summed E-state index contributed by atoms with van der Waals surface area (Å²) >= 11 is 6.05. The zero-order valence-corrected chi connectivity index (χ0v) is 14.7. The summed E-state index contributed by atoms with van der Waals surface area (Å²) in [6, 6.07) is 5.64. The van der Waals surface area contributed by atoms with Crippen LogP contribution in [-0.2, 0) is 6.42 Å². The van der Waals surface area contributed by atoms with E-state index in [-0.39, 0.29) is 18.4 Å². The number of hydrogen-bond acceptors (Lipinski definition) is 6. The van der Waals surface area contributed by atoms with Gasteiger partial charge in [0.1, 0.15) is 5.75 Å². The first kappa shape index (κ1) is 18.0. The summed E-state index contributed by atoms with van der Waals surface area (Å²) < 4.78 is 10.7. The molecule has 0 amide bonds. The molecule has 2 aromatic rings. The van der Waals surface area contributed by atoms with Crippen LogP contribution in [0.15, 0.2) is 22.7 Å². The van der Waals surface area contributed by atoms with Gasteiger partial charge in [0, 0.05) is 30.2 Å². The van der Waals surface area contributed by atoms with Gasteiger partial charge in [-0.1, -0.05) is 16.8 Å². The first-order valence-electron chi connectivity index (χ1n) is 7.23. The van der Waals surface area contributed by atoms with Gasteiger partial charge in [0.05, 0.1) is 19.6 Å². The van der Waals surface area contributed by atoms with Crippen LogP contribution in [0.25, 0.3) is 0 Å². The fourth-order valence-electron chi connectivity index (χ4n) is 2.62. The maximum absolute atomic E-state index is 6.05. The largest absolute Gasteiger partial charge is 0.496 e. The Morgan fingerprint density at radius 3 is 3.04 bits per heavy atom. The maximum Gasteiger partial charge on any atom is 0.231 e. The molecule has 1 aromatic carbocycles. The number of methoxy groups -OCH3 is 1. The zero-order valence-electron chi connectivity index (χ0n) is 13.1. The summed E-state index contributed by atoms with van der Waals surface area (Å²) in [5, 5.41) is 8.13. The molecular formula is C15H20Cl2N4O2. The van der Waals surface area contributed by atoms with E-state index in [9.17, 15) is 0 Å². The molecule has 0 saturated carbocycles. The number of benzene rings is 1. The van der Waals surface area contributed by atoms with Crippen LogP contribution in [0, 0.1) is 0 Å². The summed E-state index contributed by atoms with van der Waals surface area (Å²) in [4.78, 5) is 6.75. The number of piperazine rings is 1. The lowest BCUT2D eigenvalue weighted by atomic mass is 10.1. The van der Waals surface area contributed by atoms with E-state index in [2.05, 4.69) is 27.4 Å². The Morgan fingerprint density at radius 1 is 1.48 bits per heavy atom. The molecule has 1 saturated heterocycles. The summed E-state index contributed by atoms with van der Waals surface area (Å²) in [7, 11) is 3.70. The maximum atomic E-state index is 6.05. The first-order chi connectivity index (χ1) is 10.7. The lowest BCUT2D eigenvalue weighted by Gasteiger charge is -2.30. The molecule has 2 heterocycles. The second-order valence-corrected chi connectivity index (χ2v) is 5.82. The van der Waals surface area contributed by atoms with Gasteiger partial charge in [-0.2, -0.15) is 4.98 Å². The number of rotatable bonds is 4. The van der Waals surface area contributed by atoms with Gasteiger partial charge in [-0.05, 0) is 25.2 Å². The van der Waals surface area contributed by atoms with Crippen molar-refractivity contribution in [2.45, 2.75) is 12.5 Å². The van der Waals surface area contributed by atoms with E-state index < -0.39 is 0 Å². The number of likely N-dealkylation sites (N-methyl/N-ethyl adjacent to an activating group) is 1. The van der Waals surface area contributed by atoms with E-state index in [0.717, 1.165) is 30.9 Å². The Kier molecular flexibility index (Phi) is 6.24. The van der Waals surface area contributed by atoms with E-state index in [4.69, 9.17) is 20.9 Å². The normalized spacial score (nSPS) is 18.5. The molecule has 1 atom stereocenters. The Bertz CT molecular complexity index is 650. The summed E-state index contributed by atoms with van der Waals surface area (Å²) in [5.74, 6) is 2.04. The molecule has 8 heteroatoms. The molecule has 6 nitrogen and oxygen atoms in total. The van der Waals surface area contributed by atoms with Gasteiger partial charge in [0.2, 0.25) is 5.89 Å². The predicted octanol–water partition coefficient (Wildman–Crippen LogP) is 2.32. The number of nitrogens with zero attached hydrogens (tertiary/aromatic N) is 3. The van der Waals surface area contributed by atoms with E-state index in [1.807, 2.05) is 12.1 Å². The third-order valence-electron chi connectivity index (χ3n) is 3.88. The van der Waals surface area contributed by atoms with Gasteiger partial charge in [-0.3, -0.25) is 4.90 Å². The lowest BCUT2D eigenvalue weighted by Crippen LogP contribution is -2.44. The highest BCUT2D eigenvalue weighted by molar-refractivity contribution is 6.30. The Balaban J connectivity index is 0.00000192. The SMILES string of the molecule is COc1ccc(Cl)cc1Cc1nc(C2CNCCN2C)no1.Cl. The number of halogens is 2. The van der Waals surface area contributed by atoms with E-state index >= 15 is 0 Å². The van der Waals surface area contributed by atoms with Crippen LogP contribution in [0.2, 0.25) is 5.02 Å². The van der Waals surface area contributed by atoms with Gasteiger partial charge in [0.25, 0.3) is 0 Å². The molecule has 0 aliphatic carbocycles. The first-order valence-corrected chi connectivity index (χ1v) is 7.61. The van der Waals surface area contributed by atoms with Crippen molar-refractivity contribution in [2.75, 3.05) is 33.8 Å². The fourth-order valence-corrected chi connectivity index (χ4v) is 2.81. The molecule has 1 unspecified atom stereocenters. The van der Waals surface area contributed by atoms with Gasteiger partial charge in [-0.15, -0.1) is 12.4 Å². The van der Waals surface area contributed by atoms with E-state index in [1.165, 1.54) is 0 Å². The smallest absolute Gasteiger partial charge is 0.231 e. The Morgan fingerprint density at radius 2 is 2.30 bits per heavy atom.